The zero-order valence-electron chi connectivity index (χ0n) is 18.6. The van der Waals surface area contributed by atoms with Gasteiger partial charge in [0.15, 0.2) is 5.13 Å². The highest BCUT2D eigenvalue weighted by Gasteiger charge is 2.37. The fraction of sp³-hybridized carbons (Fsp3) is 0.304. The summed E-state index contributed by atoms with van der Waals surface area (Å²) in [6.45, 7) is 2.55. The Morgan fingerprint density at radius 1 is 1.23 bits per heavy atom. The second kappa shape index (κ2) is 9.84. The number of carbonyl (C=O) groups excluding carboxylic acids is 1. The Kier molecular flexibility index (Phi) is 6.95. The Morgan fingerprint density at radius 3 is 2.77 bits per heavy atom. The van der Waals surface area contributed by atoms with E-state index in [1.807, 2.05) is 19.1 Å². The van der Waals surface area contributed by atoms with Crippen molar-refractivity contribution in [1.29, 1.82) is 0 Å². The molecule has 7 nitrogen and oxygen atoms in total. The van der Waals surface area contributed by atoms with Crippen molar-refractivity contribution in [3.05, 3.63) is 63.3 Å². The minimum atomic E-state index is -3.73. The van der Waals surface area contributed by atoms with E-state index in [4.69, 9.17) is 32.6 Å². The van der Waals surface area contributed by atoms with Gasteiger partial charge in [-0.1, -0.05) is 34.5 Å². The van der Waals surface area contributed by atoms with Gasteiger partial charge in [0.1, 0.15) is 9.97 Å². The van der Waals surface area contributed by atoms with Crippen LogP contribution in [0.5, 0.6) is 0 Å². The molecule has 1 amide bonds. The lowest BCUT2D eigenvalue weighted by Gasteiger charge is -2.33. The van der Waals surface area contributed by atoms with Gasteiger partial charge in [-0.3, -0.25) is 9.69 Å². The van der Waals surface area contributed by atoms with E-state index in [1.54, 1.807) is 29.4 Å². The Bertz CT molecular complexity index is 1480. The van der Waals surface area contributed by atoms with Crippen LogP contribution in [0.3, 0.4) is 0 Å². The fourth-order valence-electron chi connectivity index (χ4n) is 4.15. The molecule has 3 aromatic heterocycles. The van der Waals surface area contributed by atoms with E-state index in [2.05, 4.69) is 0 Å². The third kappa shape index (κ3) is 4.87. The maximum absolute atomic E-state index is 13.9. The molecule has 0 aliphatic carbocycles. The summed E-state index contributed by atoms with van der Waals surface area (Å²) in [6.07, 6.45) is 2.72. The fourth-order valence-corrected chi connectivity index (χ4v) is 8.49. The summed E-state index contributed by atoms with van der Waals surface area (Å²) in [6, 6.07) is 10.3. The Hall–Kier alpha value is -1.95. The zero-order valence-corrected chi connectivity index (χ0v) is 22.6. The van der Waals surface area contributed by atoms with Crippen LogP contribution in [0.4, 0.5) is 5.13 Å². The number of anilines is 1. The molecule has 1 aliphatic heterocycles. The Balaban J connectivity index is 1.46. The lowest BCUT2D eigenvalue weighted by molar-refractivity contribution is -0.123. The molecule has 0 spiro atoms. The van der Waals surface area contributed by atoms with Crippen molar-refractivity contribution < 1.29 is 17.6 Å². The van der Waals surface area contributed by atoms with E-state index in [-0.39, 0.29) is 23.2 Å². The minimum absolute atomic E-state index is 0.0983. The molecule has 4 heterocycles. The number of amides is 1. The number of rotatable bonds is 6. The number of hydrogen-bond acceptors (Lipinski definition) is 7. The maximum atomic E-state index is 13.9. The summed E-state index contributed by atoms with van der Waals surface area (Å²) in [4.78, 5) is 20.2. The number of thiophene rings is 1. The number of aromatic nitrogens is 1. The molecule has 35 heavy (non-hydrogen) atoms. The predicted octanol–water partition coefficient (Wildman–Crippen LogP) is 6.20. The molecule has 1 unspecified atom stereocenters. The van der Waals surface area contributed by atoms with Crippen LogP contribution in [0.2, 0.25) is 9.36 Å². The first kappa shape index (κ1) is 24.7. The molecule has 1 fully saturated rings. The van der Waals surface area contributed by atoms with Gasteiger partial charge in [0.25, 0.3) is 10.0 Å². The molecule has 1 aliphatic rings. The van der Waals surface area contributed by atoms with E-state index in [9.17, 15) is 13.2 Å². The summed E-state index contributed by atoms with van der Waals surface area (Å²) in [7, 11) is -3.73. The Labute approximate surface area is 220 Å². The molecule has 1 aromatic carbocycles. The van der Waals surface area contributed by atoms with Crippen molar-refractivity contribution in [2.24, 2.45) is 5.92 Å². The van der Waals surface area contributed by atoms with Crippen LogP contribution in [0.15, 0.2) is 51.3 Å². The van der Waals surface area contributed by atoms with Crippen LogP contribution >= 0.6 is 45.9 Å². The van der Waals surface area contributed by atoms with E-state index in [1.165, 1.54) is 21.7 Å². The average Bonchev–Trinajstić information content (AvgIpc) is 3.61. The van der Waals surface area contributed by atoms with Crippen LogP contribution in [0.1, 0.15) is 24.2 Å². The minimum Gasteiger partial charge on any atom is -0.467 e. The summed E-state index contributed by atoms with van der Waals surface area (Å²) >= 11 is 14.7. The van der Waals surface area contributed by atoms with Gasteiger partial charge in [0.05, 0.1) is 33.3 Å². The number of piperidine rings is 1. The van der Waals surface area contributed by atoms with Crippen molar-refractivity contribution in [2.45, 2.75) is 30.5 Å². The second-order valence-electron chi connectivity index (χ2n) is 8.28. The van der Waals surface area contributed by atoms with E-state index in [0.29, 0.717) is 39.6 Å². The van der Waals surface area contributed by atoms with Crippen LogP contribution in [-0.2, 0) is 21.4 Å². The molecule has 184 valence electrons. The standard InChI is InChI=1S/C23H21Cl2N3O4S3/c1-14-17(24)6-7-18-21(14)26-23(33-18)28(13-16-5-3-11-32-16)22(29)15-4-2-10-27(12-15)35(30,31)20-9-8-19(25)34-20/h3,5-9,11,15H,2,4,10,12-13H2,1H3. The monoisotopic (exact) mass is 569 g/mol. The number of halogens is 2. The highest BCUT2D eigenvalue weighted by molar-refractivity contribution is 7.91. The first-order valence-electron chi connectivity index (χ1n) is 10.9. The number of fused-ring (bicyclic) bond motifs is 1. The first-order chi connectivity index (χ1) is 16.7. The van der Waals surface area contributed by atoms with Crippen LogP contribution in [0.25, 0.3) is 10.2 Å². The number of hydrogen-bond donors (Lipinski definition) is 0. The first-order valence-corrected chi connectivity index (χ1v) is 14.7. The maximum Gasteiger partial charge on any atom is 0.252 e. The van der Waals surface area contributed by atoms with Crippen LogP contribution in [0, 0.1) is 12.8 Å². The summed E-state index contributed by atoms with van der Waals surface area (Å²) in [5, 5.41) is 1.14. The normalized spacial score (nSPS) is 17.2. The summed E-state index contributed by atoms with van der Waals surface area (Å²) in [5.41, 5.74) is 1.60. The third-order valence-corrected chi connectivity index (χ3v) is 11.0. The smallest absolute Gasteiger partial charge is 0.252 e. The van der Waals surface area contributed by atoms with Gasteiger partial charge in [0, 0.05) is 18.1 Å². The lowest BCUT2D eigenvalue weighted by atomic mass is 9.98. The summed E-state index contributed by atoms with van der Waals surface area (Å²) < 4.78 is 34.7. The van der Waals surface area contributed by atoms with E-state index in [0.717, 1.165) is 27.1 Å². The average molecular weight is 571 g/mol. The van der Waals surface area contributed by atoms with Crippen molar-refractivity contribution in [1.82, 2.24) is 9.29 Å². The molecule has 0 N–H and O–H groups in total. The molecule has 12 heteroatoms. The largest absolute Gasteiger partial charge is 0.467 e. The van der Waals surface area contributed by atoms with Gasteiger partial charge in [-0.15, -0.1) is 11.3 Å². The lowest BCUT2D eigenvalue weighted by Crippen LogP contribution is -2.46. The van der Waals surface area contributed by atoms with Gasteiger partial charge in [-0.2, -0.15) is 4.31 Å². The molecular formula is C23H21Cl2N3O4S3. The number of carbonyl (C=O) groups is 1. The molecule has 0 radical (unpaired) electrons. The molecule has 0 bridgehead atoms. The summed E-state index contributed by atoms with van der Waals surface area (Å²) in [5.74, 6) is -0.0881. The van der Waals surface area contributed by atoms with Crippen LogP contribution in [-0.4, -0.2) is 36.7 Å². The molecule has 1 atom stereocenters. The van der Waals surface area contributed by atoms with Crippen molar-refractivity contribution >= 4 is 77.2 Å². The van der Waals surface area contributed by atoms with Gasteiger partial charge in [-0.05, 0) is 61.7 Å². The Morgan fingerprint density at radius 2 is 2.06 bits per heavy atom. The number of aryl methyl sites for hydroxylation is 1. The molecule has 5 rings (SSSR count). The van der Waals surface area contributed by atoms with Gasteiger partial charge in [0.2, 0.25) is 5.91 Å². The quantitative estimate of drug-likeness (QED) is 0.276. The van der Waals surface area contributed by atoms with Gasteiger partial charge in [-0.25, -0.2) is 13.4 Å². The zero-order chi connectivity index (χ0) is 24.7. The molecule has 1 saturated heterocycles. The predicted molar refractivity (Wildman–Crippen MR) is 140 cm³/mol. The molecule has 0 saturated carbocycles. The second-order valence-corrected chi connectivity index (χ2v) is 13.6. The van der Waals surface area contributed by atoms with Gasteiger partial charge < -0.3 is 4.42 Å². The van der Waals surface area contributed by atoms with Gasteiger partial charge >= 0.3 is 0 Å². The highest BCUT2D eigenvalue weighted by Crippen LogP contribution is 2.36. The van der Waals surface area contributed by atoms with E-state index >= 15 is 0 Å². The highest BCUT2D eigenvalue weighted by atomic mass is 35.5. The number of thiazole rings is 1. The number of benzene rings is 1. The molecular weight excluding hydrogens is 549 g/mol. The topological polar surface area (TPSA) is 83.7 Å². The molecule has 4 aromatic rings. The van der Waals surface area contributed by atoms with Crippen LogP contribution < -0.4 is 4.90 Å². The van der Waals surface area contributed by atoms with Crippen molar-refractivity contribution in [2.75, 3.05) is 18.0 Å². The SMILES string of the molecule is Cc1c(Cl)ccc2sc(N(Cc3ccco3)C(=O)C3CCCN(S(=O)(=O)c4ccc(Cl)s4)C3)nc12. The van der Waals surface area contributed by atoms with Crippen molar-refractivity contribution in [3.63, 3.8) is 0 Å². The number of furan rings is 1. The third-order valence-electron chi connectivity index (χ3n) is 6.00. The van der Waals surface area contributed by atoms with E-state index < -0.39 is 15.9 Å². The number of nitrogens with zero attached hydrogens (tertiary/aromatic N) is 3. The number of sulfonamides is 1. The van der Waals surface area contributed by atoms with Crippen molar-refractivity contribution in [3.8, 4) is 0 Å².